The largest absolute Gasteiger partial charge is 0.336 e. The van der Waals surface area contributed by atoms with Crippen molar-refractivity contribution in [1.29, 1.82) is 5.26 Å². The highest BCUT2D eigenvalue weighted by Gasteiger charge is 2.29. The van der Waals surface area contributed by atoms with Gasteiger partial charge in [0.15, 0.2) is 0 Å². The maximum Gasteiger partial charge on any atom is 0.224 e. The van der Waals surface area contributed by atoms with Crippen molar-refractivity contribution >= 4 is 17.2 Å². The van der Waals surface area contributed by atoms with E-state index in [2.05, 4.69) is 26.0 Å². The van der Waals surface area contributed by atoms with E-state index in [9.17, 15) is 4.79 Å². The molecule has 0 radical (unpaired) electrons. The fourth-order valence-electron chi connectivity index (χ4n) is 1.93. The Hall–Kier alpha value is -1.34. The Morgan fingerprint density at radius 3 is 2.88 bits per heavy atom. The number of carbonyl (C=O) groups excluding carboxylic acids is 1. The molecule has 0 saturated carbocycles. The second-order valence-electron chi connectivity index (χ2n) is 4.26. The van der Waals surface area contributed by atoms with Crippen LogP contribution in [-0.2, 0) is 11.3 Å². The van der Waals surface area contributed by atoms with E-state index in [1.165, 1.54) is 15.3 Å². The van der Waals surface area contributed by atoms with Crippen LogP contribution in [0.3, 0.4) is 0 Å². The molecule has 2 heterocycles. The topological polar surface area (TPSA) is 44.1 Å². The van der Waals surface area contributed by atoms with Gasteiger partial charge in [0.2, 0.25) is 5.91 Å². The molecule has 0 aliphatic carbocycles. The molecule has 1 aromatic heterocycles. The Balaban J connectivity index is 2.06. The van der Waals surface area contributed by atoms with E-state index in [0.717, 1.165) is 0 Å². The predicted molar refractivity (Wildman–Crippen MR) is 62.9 cm³/mol. The van der Waals surface area contributed by atoms with E-state index in [1.54, 1.807) is 16.2 Å². The van der Waals surface area contributed by atoms with Crippen LogP contribution in [0.25, 0.3) is 0 Å². The number of nitriles is 1. The summed E-state index contributed by atoms with van der Waals surface area (Å²) in [6, 6.07) is 4.30. The van der Waals surface area contributed by atoms with Gasteiger partial charge in [-0.3, -0.25) is 4.79 Å². The fourth-order valence-corrected chi connectivity index (χ4v) is 3.00. The molecule has 1 atom stereocenters. The van der Waals surface area contributed by atoms with Crippen LogP contribution in [0.2, 0.25) is 0 Å². The molecule has 1 aliphatic heterocycles. The van der Waals surface area contributed by atoms with Gasteiger partial charge in [-0.1, -0.05) is 0 Å². The smallest absolute Gasteiger partial charge is 0.224 e. The van der Waals surface area contributed by atoms with Crippen molar-refractivity contribution in [2.24, 2.45) is 5.92 Å². The highest BCUT2D eigenvalue weighted by atomic mass is 32.1. The van der Waals surface area contributed by atoms with Gasteiger partial charge < -0.3 is 4.90 Å². The van der Waals surface area contributed by atoms with Gasteiger partial charge in [-0.25, -0.2) is 0 Å². The van der Waals surface area contributed by atoms with Crippen LogP contribution in [-0.4, -0.2) is 17.4 Å². The zero-order chi connectivity index (χ0) is 11.7. The lowest BCUT2D eigenvalue weighted by Crippen LogP contribution is -2.23. The number of aryl methyl sites for hydroxylation is 2. The molecule has 1 saturated heterocycles. The maximum atomic E-state index is 11.6. The zero-order valence-corrected chi connectivity index (χ0v) is 10.3. The first-order valence-corrected chi connectivity index (χ1v) is 6.15. The van der Waals surface area contributed by atoms with Crippen molar-refractivity contribution < 1.29 is 4.79 Å². The van der Waals surface area contributed by atoms with Crippen molar-refractivity contribution in [2.45, 2.75) is 26.8 Å². The molecular formula is C12H14N2OS. The molecule has 84 valence electrons. The number of nitrogens with zero attached hydrogens (tertiary/aromatic N) is 2. The van der Waals surface area contributed by atoms with Crippen LogP contribution in [0, 0.1) is 31.1 Å². The Kier molecular flexibility index (Phi) is 2.97. The molecular weight excluding hydrogens is 220 g/mol. The summed E-state index contributed by atoms with van der Waals surface area (Å²) in [4.78, 5) is 15.9. The quantitative estimate of drug-likeness (QED) is 0.787. The summed E-state index contributed by atoms with van der Waals surface area (Å²) in [5, 5.41) is 8.79. The third-order valence-corrected chi connectivity index (χ3v) is 4.10. The molecule has 1 aromatic rings. The summed E-state index contributed by atoms with van der Waals surface area (Å²) in [6.45, 7) is 5.42. The first-order chi connectivity index (χ1) is 7.60. The normalized spacial score (nSPS) is 20.2. The Morgan fingerprint density at radius 2 is 2.38 bits per heavy atom. The van der Waals surface area contributed by atoms with Gasteiger partial charge in [-0.2, -0.15) is 5.26 Å². The highest BCUT2D eigenvalue weighted by Crippen LogP contribution is 2.25. The molecule has 0 aromatic carbocycles. The molecule has 1 amide bonds. The minimum Gasteiger partial charge on any atom is -0.336 e. The molecule has 4 heteroatoms. The lowest BCUT2D eigenvalue weighted by atomic mass is 10.1. The van der Waals surface area contributed by atoms with Gasteiger partial charge in [-0.05, 0) is 25.5 Å². The van der Waals surface area contributed by atoms with E-state index < -0.39 is 0 Å². The summed E-state index contributed by atoms with van der Waals surface area (Å²) in [7, 11) is 0. The average Bonchev–Trinajstić information content (AvgIpc) is 2.73. The molecule has 0 bridgehead atoms. The van der Waals surface area contributed by atoms with E-state index >= 15 is 0 Å². The minimum absolute atomic E-state index is 0.107. The Bertz CT molecular complexity index is 439. The number of hydrogen-bond donors (Lipinski definition) is 0. The summed E-state index contributed by atoms with van der Waals surface area (Å²) < 4.78 is 0. The van der Waals surface area contributed by atoms with Crippen molar-refractivity contribution in [1.82, 2.24) is 4.90 Å². The lowest BCUT2D eigenvalue weighted by Gasteiger charge is -2.13. The molecule has 2 rings (SSSR count). The monoisotopic (exact) mass is 234 g/mol. The number of thiophene rings is 1. The van der Waals surface area contributed by atoms with Crippen molar-refractivity contribution in [3.63, 3.8) is 0 Å². The maximum absolute atomic E-state index is 11.6. The highest BCUT2D eigenvalue weighted by molar-refractivity contribution is 7.12. The van der Waals surface area contributed by atoms with Gasteiger partial charge in [0.05, 0.1) is 18.5 Å². The van der Waals surface area contributed by atoms with Crippen LogP contribution in [0.5, 0.6) is 0 Å². The van der Waals surface area contributed by atoms with Crippen LogP contribution in [0.1, 0.15) is 21.7 Å². The number of carbonyl (C=O) groups is 1. The predicted octanol–water partition coefficient (Wildman–Crippen LogP) is 2.24. The molecule has 0 N–H and O–H groups in total. The third-order valence-electron chi connectivity index (χ3n) is 2.96. The zero-order valence-electron chi connectivity index (χ0n) is 9.49. The van der Waals surface area contributed by atoms with Gasteiger partial charge in [0.1, 0.15) is 0 Å². The first kappa shape index (κ1) is 11.2. The van der Waals surface area contributed by atoms with Crippen molar-refractivity contribution in [3.05, 3.63) is 21.4 Å². The number of rotatable bonds is 2. The van der Waals surface area contributed by atoms with Crippen LogP contribution < -0.4 is 0 Å². The fraction of sp³-hybridized carbons (Fsp3) is 0.500. The summed E-state index contributed by atoms with van der Waals surface area (Å²) in [6.07, 6.45) is 0.389. The third kappa shape index (κ3) is 2.10. The number of hydrogen-bond acceptors (Lipinski definition) is 3. The summed E-state index contributed by atoms with van der Waals surface area (Å²) in [5.74, 6) is -0.00934. The summed E-state index contributed by atoms with van der Waals surface area (Å²) >= 11 is 1.74. The van der Waals surface area contributed by atoms with Crippen LogP contribution in [0.15, 0.2) is 6.07 Å². The van der Waals surface area contributed by atoms with E-state index in [1.807, 2.05) is 0 Å². The van der Waals surface area contributed by atoms with Gasteiger partial charge in [0.25, 0.3) is 0 Å². The van der Waals surface area contributed by atoms with E-state index in [4.69, 9.17) is 5.26 Å². The van der Waals surface area contributed by atoms with Crippen LogP contribution >= 0.6 is 11.3 Å². The Morgan fingerprint density at radius 1 is 1.62 bits per heavy atom. The van der Waals surface area contributed by atoms with Gasteiger partial charge >= 0.3 is 0 Å². The molecule has 3 nitrogen and oxygen atoms in total. The minimum atomic E-state index is -0.116. The summed E-state index contributed by atoms with van der Waals surface area (Å²) in [5.41, 5.74) is 1.28. The second kappa shape index (κ2) is 4.26. The number of amides is 1. The molecule has 0 spiro atoms. The Labute approximate surface area is 99.3 Å². The van der Waals surface area contributed by atoms with E-state index in [0.29, 0.717) is 19.5 Å². The van der Waals surface area contributed by atoms with Gasteiger partial charge in [-0.15, -0.1) is 11.3 Å². The van der Waals surface area contributed by atoms with Crippen molar-refractivity contribution in [3.8, 4) is 6.07 Å². The lowest BCUT2D eigenvalue weighted by molar-refractivity contribution is -0.128. The standard InChI is InChI=1S/C12H14N2OS/c1-8-3-11(16-9(8)2)7-14-6-10(5-13)4-12(14)15/h3,10H,4,6-7H2,1-2H3. The van der Waals surface area contributed by atoms with Gasteiger partial charge in [0, 0.05) is 22.7 Å². The van der Waals surface area contributed by atoms with Crippen molar-refractivity contribution in [2.75, 3.05) is 6.54 Å². The molecule has 16 heavy (non-hydrogen) atoms. The SMILES string of the molecule is Cc1cc(CN2CC(C#N)CC2=O)sc1C. The molecule has 1 aliphatic rings. The van der Waals surface area contributed by atoms with Crippen LogP contribution in [0.4, 0.5) is 0 Å². The second-order valence-corrected chi connectivity index (χ2v) is 5.60. The molecule has 1 fully saturated rings. The number of likely N-dealkylation sites (tertiary alicyclic amines) is 1. The first-order valence-electron chi connectivity index (χ1n) is 5.33. The molecule has 1 unspecified atom stereocenters. The average molecular weight is 234 g/mol. The van der Waals surface area contributed by atoms with E-state index in [-0.39, 0.29) is 11.8 Å².